The number of carbonyl (C=O) groups excluding carboxylic acids is 2. The molecule has 6 heteroatoms. The maximum Gasteiger partial charge on any atom is 0.330 e. The standard InChI is InChI=1S/C19H19NO5/c1-3-17(21)25-10-9-20-12-24-11-13-5-4-6-14-16(23-2)8-7-15(18(13)14)19(20)22/h3-8H,1,9-12H2,2H3. The molecule has 1 aliphatic rings. The van der Waals surface area contributed by atoms with E-state index in [1.165, 1.54) is 4.90 Å². The van der Waals surface area contributed by atoms with E-state index >= 15 is 0 Å². The summed E-state index contributed by atoms with van der Waals surface area (Å²) in [5.41, 5.74) is 1.53. The number of rotatable bonds is 5. The Labute approximate surface area is 145 Å². The molecule has 0 unspecified atom stereocenters. The van der Waals surface area contributed by atoms with Gasteiger partial charge in [-0.3, -0.25) is 4.79 Å². The summed E-state index contributed by atoms with van der Waals surface area (Å²) in [5.74, 6) is 0.0208. The lowest BCUT2D eigenvalue weighted by Crippen LogP contribution is -2.37. The molecular weight excluding hydrogens is 322 g/mol. The maximum atomic E-state index is 13.0. The Morgan fingerprint density at radius 2 is 2.20 bits per heavy atom. The van der Waals surface area contributed by atoms with Gasteiger partial charge >= 0.3 is 5.97 Å². The molecule has 0 saturated heterocycles. The average molecular weight is 341 g/mol. The molecule has 2 aromatic carbocycles. The van der Waals surface area contributed by atoms with Crippen LogP contribution in [0.15, 0.2) is 43.0 Å². The molecule has 0 atom stereocenters. The third-order valence-electron chi connectivity index (χ3n) is 4.10. The summed E-state index contributed by atoms with van der Waals surface area (Å²) in [4.78, 5) is 25.6. The Kier molecular flexibility index (Phi) is 5.00. The minimum atomic E-state index is -0.516. The molecule has 3 rings (SSSR count). The number of hydrogen-bond acceptors (Lipinski definition) is 5. The SMILES string of the molecule is C=CC(=O)OCCN1COCc2cccc3c(OC)ccc(c23)C1=O. The molecule has 0 aliphatic carbocycles. The van der Waals surface area contributed by atoms with Gasteiger partial charge in [0.2, 0.25) is 0 Å². The first-order chi connectivity index (χ1) is 12.2. The molecule has 1 amide bonds. The third-order valence-corrected chi connectivity index (χ3v) is 4.10. The van der Waals surface area contributed by atoms with Crippen molar-refractivity contribution < 1.29 is 23.8 Å². The second-order valence-corrected chi connectivity index (χ2v) is 5.57. The van der Waals surface area contributed by atoms with Gasteiger partial charge in [-0.2, -0.15) is 0 Å². The fourth-order valence-electron chi connectivity index (χ4n) is 2.91. The quantitative estimate of drug-likeness (QED) is 0.618. The molecule has 0 radical (unpaired) electrons. The first-order valence-electron chi connectivity index (χ1n) is 7.90. The number of amides is 1. The van der Waals surface area contributed by atoms with E-state index in [-0.39, 0.29) is 25.8 Å². The Hall–Kier alpha value is -2.86. The van der Waals surface area contributed by atoms with Crippen LogP contribution in [-0.2, 0) is 20.9 Å². The van der Waals surface area contributed by atoms with Crippen molar-refractivity contribution in [2.75, 3.05) is 27.0 Å². The first-order valence-corrected chi connectivity index (χ1v) is 7.90. The van der Waals surface area contributed by atoms with Crippen molar-refractivity contribution >= 4 is 22.6 Å². The summed E-state index contributed by atoms with van der Waals surface area (Å²) in [6.07, 6.45) is 1.09. The van der Waals surface area contributed by atoms with E-state index < -0.39 is 5.97 Å². The largest absolute Gasteiger partial charge is 0.496 e. The fourth-order valence-corrected chi connectivity index (χ4v) is 2.91. The Morgan fingerprint density at radius 1 is 1.36 bits per heavy atom. The van der Waals surface area contributed by atoms with Crippen LogP contribution in [0, 0.1) is 0 Å². The number of carbonyl (C=O) groups is 2. The van der Waals surface area contributed by atoms with Crippen molar-refractivity contribution in [3.05, 3.63) is 54.1 Å². The lowest BCUT2D eigenvalue weighted by molar-refractivity contribution is -0.138. The highest BCUT2D eigenvalue weighted by Gasteiger charge is 2.23. The van der Waals surface area contributed by atoms with Crippen LogP contribution in [0.25, 0.3) is 10.8 Å². The topological polar surface area (TPSA) is 65.1 Å². The Morgan fingerprint density at radius 3 is 2.96 bits per heavy atom. The van der Waals surface area contributed by atoms with E-state index in [1.54, 1.807) is 19.2 Å². The molecule has 2 aromatic rings. The zero-order valence-corrected chi connectivity index (χ0v) is 14.0. The molecule has 0 N–H and O–H groups in total. The Bertz CT molecular complexity index is 830. The van der Waals surface area contributed by atoms with Crippen molar-refractivity contribution in [3.63, 3.8) is 0 Å². The van der Waals surface area contributed by atoms with Gasteiger partial charge in [-0.1, -0.05) is 24.8 Å². The lowest BCUT2D eigenvalue weighted by Gasteiger charge is -2.26. The number of ether oxygens (including phenoxy) is 3. The summed E-state index contributed by atoms with van der Waals surface area (Å²) in [6, 6.07) is 9.34. The molecule has 0 saturated carbocycles. The fraction of sp³-hybridized carbons (Fsp3) is 0.263. The van der Waals surface area contributed by atoms with Gasteiger partial charge in [-0.15, -0.1) is 0 Å². The third kappa shape index (κ3) is 3.34. The zero-order chi connectivity index (χ0) is 17.8. The van der Waals surface area contributed by atoms with Gasteiger partial charge < -0.3 is 19.1 Å². The Balaban J connectivity index is 1.95. The van der Waals surface area contributed by atoms with Gasteiger partial charge in [0.05, 0.1) is 20.3 Å². The van der Waals surface area contributed by atoms with Crippen LogP contribution in [-0.4, -0.2) is 43.8 Å². The van der Waals surface area contributed by atoms with E-state index in [4.69, 9.17) is 14.2 Å². The van der Waals surface area contributed by atoms with E-state index in [0.29, 0.717) is 17.9 Å². The predicted molar refractivity (Wildman–Crippen MR) is 92.3 cm³/mol. The van der Waals surface area contributed by atoms with Crippen molar-refractivity contribution in [2.45, 2.75) is 6.61 Å². The number of esters is 1. The second kappa shape index (κ2) is 7.36. The molecular formula is C19H19NO5. The summed E-state index contributed by atoms with van der Waals surface area (Å²) >= 11 is 0. The molecule has 130 valence electrons. The van der Waals surface area contributed by atoms with Crippen LogP contribution in [0.2, 0.25) is 0 Å². The maximum absolute atomic E-state index is 13.0. The summed E-state index contributed by atoms with van der Waals surface area (Å²) < 4.78 is 16.0. The molecule has 0 bridgehead atoms. The van der Waals surface area contributed by atoms with E-state index in [2.05, 4.69) is 6.58 Å². The van der Waals surface area contributed by atoms with Crippen LogP contribution in [0.4, 0.5) is 0 Å². The molecule has 6 nitrogen and oxygen atoms in total. The van der Waals surface area contributed by atoms with Gasteiger partial charge in [-0.25, -0.2) is 4.79 Å². The highest BCUT2D eigenvalue weighted by atomic mass is 16.5. The predicted octanol–water partition coefficient (Wildman–Crippen LogP) is 2.51. The smallest absolute Gasteiger partial charge is 0.330 e. The first kappa shape index (κ1) is 17.0. The van der Waals surface area contributed by atoms with Crippen LogP contribution in [0.5, 0.6) is 5.75 Å². The lowest BCUT2D eigenvalue weighted by atomic mass is 9.97. The van der Waals surface area contributed by atoms with Crippen LogP contribution in [0.1, 0.15) is 15.9 Å². The second-order valence-electron chi connectivity index (χ2n) is 5.57. The number of benzene rings is 2. The van der Waals surface area contributed by atoms with Crippen molar-refractivity contribution in [2.24, 2.45) is 0 Å². The molecule has 0 aromatic heterocycles. The van der Waals surface area contributed by atoms with Gasteiger partial charge in [-0.05, 0) is 17.7 Å². The zero-order valence-electron chi connectivity index (χ0n) is 14.0. The number of methoxy groups -OCH3 is 1. The summed E-state index contributed by atoms with van der Waals surface area (Å²) in [6.45, 7) is 4.19. The van der Waals surface area contributed by atoms with Gasteiger partial charge in [0.15, 0.2) is 0 Å². The van der Waals surface area contributed by atoms with E-state index in [1.807, 2.05) is 18.2 Å². The van der Waals surface area contributed by atoms with Crippen molar-refractivity contribution in [1.29, 1.82) is 0 Å². The van der Waals surface area contributed by atoms with Crippen LogP contribution in [0.3, 0.4) is 0 Å². The van der Waals surface area contributed by atoms with Crippen molar-refractivity contribution in [1.82, 2.24) is 4.90 Å². The highest BCUT2D eigenvalue weighted by Crippen LogP contribution is 2.33. The molecule has 25 heavy (non-hydrogen) atoms. The molecule has 1 aliphatic heterocycles. The molecule has 0 fully saturated rings. The van der Waals surface area contributed by atoms with Gasteiger partial charge in [0.25, 0.3) is 5.91 Å². The monoisotopic (exact) mass is 341 g/mol. The van der Waals surface area contributed by atoms with E-state index in [0.717, 1.165) is 22.4 Å². The summed E-state index contributed by atoms with van der Waals surface area (Å²) in [7, 11) is 1.60. The minimum absolute atomic E-state index is 0.0842. The van der Waals surface area contributed by atoms with Gasteiger partial charge in [0, 0.05) is 22.4 Å². The number of nitrogens with zero attached hydrogens (tertiary/aromatic N) is 1. The van der Waals surface area contributed by atoms with Crippen LogP contribution >= 0.6 is 0 Å². The minimum Gasteiger partial charge on any atom is -0.496 e. The van der Waals surface area contributed by atoms with E-state index in [9.17, 15) is 9.59 Å². The summed E-state index contributed by atoms with van der Waals surface area (Å²) in [5, 5.41) is 1.70. The number of hydrogen-bond donors (Lipinski definition) is 0. The highest BCUT2D eigenvalue weighted by molar-refractivity contribution is 6.10. The van der Waals surface area contributed by atoms with Crippen LogP contribution < -0.4 is 4.74 Å². The van der Waals surface area contributed by atoms with Crippen molar-refractivity contribution in [3.8, 4) is 5.75 Å². The molecule has 0 spiro atoms. The normalized spacial score (nSPS) is 14.0. The molecule has 1 heterocycles. The van der Waals surface area contributed by atoms with Gasteiger partial charge in [0.1, 0.15) is 19.1 Å². The average Bonchev–Trinajstić information content (AvgIpc) is 2.64.